The first kappa shape index (κ1) is 18.4. The van der Waals surface area contributed by atoms with E-state index >= 15 is 0 Å². The molecule has 0 bridgehead atoms. The number of carbonyl (C=O) groups excluding carboxylic acids is 1. The molecular weight excluding hydrogens is 338 g/mol. The number of amides is 1. The predicted octanol–water partition coefficient (Wildman–Crippen LogP) is 0.472. The van der Waals surface area contributed by atoms with Gasteiger partial charge < -0.3 is 14.9 Å². The maximum atomic E-state index is 12.4. The number of carbonyl (C=O) groups is 2. The Kier molecular flexibility index (Phi) is 5.00. The smallest absolute Gasteiger partial charge is 0.305 e. The van der Waals surface area contributed by atoms with E-state index in [4.69, 9.17) is 9.63 Å². The van der Waals surface area contributed by atoms with Gasteiger partial charge in [-0.1, -0.05) is 5.16 Å². The van der Waals surface area contributed by atoms with Gasteiger partial charge in [-0.15, -0.1) is 0 Å². The van der Waals surface area contributed by atoms with Crippen molar-refractivity contribution in [1.29, 1.82) is 0 Å². The minimum atomic E-state index is -3.97. The molecular formula is C14H21N3O6S. The zero-order chi connectivity index (χ0) is 18.1. The van der Waals surface area contributed by atoms with E-state index in [1.807, 2.05) is 0 Å². The number of carboxylic acids is 1. The molecule has 0 radical (unpaired) electrons. The predicted molar refractivity (Wildman–Crippen MR) is 82.7 cm³/mol. The zero-order valence-electron chi connectivity index (χ0n) is 13.7. The number of nitrogens with one attached hydrogen (secondary N) is 2. The summed E-state index contributed by atoms with van der Waals surface area (Å²) in [6, 6.07) is -1.06. The quantitative estimate of drug-likeness (QED) is 0.643. The molecule has 134 valence electrons. The third-order valence-corrected chi connectivity index (χ3v) is 5.93. The van der Waals surface area contributed by atoms with E-state index in [0.29, 0.717) is 12.8 Å². The first-order valence-electron chi connectivity index (χ1n) is 7.55. The van der Waals surface area contributed by atoms with E-state index in [2.05, 4.69) is 15.2 Å². The summed E-state index contributed by atoms with van der Waals surface area (Å²) >= 11 is 0. The lowest BCUT2D eigenvalue weighted by atomic mass is 9.74. The normalized spacial score (nSPS) is 17.8. The van der Waals surface area contributed by atoms with Gasteiger partial charge in [0, 0.05) is 0 Å². The van der Waals surface area contributed by atoms with Crippen molar-refractivity contribution in [2.24, 2.45) is 0 Å². The molecule has 0 aliphatic heterocycles. The average molecular weight is 359 g/mol. The minimum absolute atomic E-state index is 0.0916. The lowest BCUT2D eigenvalue weighted by Crippen LogP contribution is -2.58. The number of sulfonamides is 1. The van der Waals surface area contributed by atoms with Gasteiger partial charge in [0.05, 0.1) is 18.0 Å². The van der Waals surface area contributed by atoms with E-state index in [1.165, 1.54) is 20.8 Å². The molecule has 10 heteroatoms. The van der Waals surface area contributed by atoms with Crippen molar-refractivity contribution < 1.29 is 27.6 Å². The summed E-state index contributed by atoms with van der Waals surface area (Å²) in [5.74, 6) is -1.43. The number of aromatic nitrogens is 1. The number of carboxylic acid groups (broad SMARTS) is 1. The van der Waals surface area contributed by atoms with E-state index in [9.17, 15) is 18.0 Å². The highest BCUT2D eigenvalue weighted by Crippen LogP contribution is 2.35. The van der Waals surface area contributed by atoms with Crippen LogP contribution in [0.2, 0.25) is 0 Å². The summed E-state index contributed by atoms with van der Waals surface area (Å²) in [5.41, 5.74) is -0.583. The van der Waals surface area contributed by atoms with Crippen LogP contribution in [0.15, 0.2) is 9.42 Å². The average Bonchev–Trinajstić information content (AvgIpc) is 2.75. The Labute approximate surface area is 139 Å². The van der Waals surface area contributed by atoms with E-state index in [0.717, 1.165) is 6.42 Å². The van der Waals surface area contributed by atoms with Crippen molar-refractivity contribution >= 4 is 21.9 Å². The Morgan fingerprint density at radius 3 is 2.42 bits per heavy atom. The van der Waals surface area contributed by atoms with Crippen molar-refractivity contribution in [1.82, 2.24) is 15.2 Å². The molecule has 1 amide bonds. The summed E-state index contributed by atoms with van der Waals surface area (Å²) in [6.07, 6.45) is 1.78. The van der Waals surface area contributed by atoms with Crippen molar-refractivity contribution in [3.8, 4) is 0 Å². The van der Waals surface area contributed by atoms with Gasteiger partial charge in [0.2, 0.25) is 15.9 Å². The molecule has 1 unspecified atom stereocenters. The summed E-state index contributed by atoms with van der Waals surface area (Å²) in [6.45, 7) is 4.36. The molecule has 1 heterocycles. The zero-order valence-corrected chi connectivity index (χ0v) is 14.6. The van der Waals surface area contributed by atoms with E-state index < -0.39 is 33.5 Å². The number of hydrogen-bond acceptors (Lipinski definition) is 6. The maximum Gasteiger partial charge on any atom is 0.305 e. The van der Waals surface area contributed by atoms with Crippen LogP contribution < -0.4 is 10.0 Å². The van der Waals surface area contributed by atoms with Gasteiger partial charge in [0.1, 0.15) is 10.6 Å². The third-order valence-electron chi connectivity index (χ3n) is 4.15. The molecule has 0 spiro atoms. The molecule has 9 nitrogen and oxygen atoms in total. The van der Waals surface area contributed by atoms with E-state index in [1.54, 1.807) is 0 Å². The van der Waals surface area contributed by atoms with Crippen LogP contribution in [0.4, 0.5) is 0 Å². The van der Waals surface area contributed by atoms with Crippen LogP contribution in [0.5, 0.6) is 0 Å². The number of aryl methyl sites for hydroxylation is 2. The van der Waals surface area contributed by atoms with Crippen LogP contribution in [0, 0.1) is 13.8 Å². The van der Waals surface area contributed by atoms with Crippen molar-refractivity contribution in [2.45, 2.75) is 62.9 Å². The van der Waals surface area contributed by atoms with Crippen LogP contribution in [0.3, 0.4) is 0 Å². The molecule has 0 saturated heterocycles. The van der Waals surface area contributed by atoms with Gasteiger partial charge in [-0.05, 0) is 40.0 Å². The molecule has 1 fully saturated rings. The van der Waals surface area contributed by atoms with Crippen molar-refractivity contribution in [2.75, 3.05) is 0 Å². The van der Waals surface area contributed by atoms with Gasteiger partial charge in [-0.25, -0.2) is 8.42 Å². The Hall–Kier alpha value is -1.94. The third kappa shape index (κ3) is 3.75. The van der Waals surface area contributed by atoms with Crippen molar-refractivity contribution in [3.63, 3.8) is 0 Å². The lowest BCUT2D eigenvalue weighted by molar-refractivity contribution is -0.140. The van der Waals surface area contributed by atoms with Gasteiger partial charge in [-0.2, -0.15) is 4.72 Å². The van der Waals surface area contributed by atoms with Crippen LogP contribution >= 0.6 is 0 Å². The largest absolute Gasteiger partial charge is 0.481 e. The fraction of sp³-hybridized carbons (Fsp3) is 0.643. The lowest BCUT2D eigenvalue weighted by Gasteiger charge is -2.42. The van der Waals surface area contributed by atoms with Gasteiger partial charge >= 0.3 is 5.97 Å². The molecule has 1 aromatic heterocycles. The molecule has 2 rings (SSSR count). The Morgan fingerprint density at radius 2 is 2.00 bits per heavy atom. The molecule has 24 heavy (non-hydrogen) atoms. The molecule has 1 aromatic rings. The number of nitrogens with zero attached hydrogens (tertiary/aromatic N) is 1. The fourth-order valence-electron chi connectivity index (χ4n) is 2.81. The number of hydrogen-bond donors (Lipinski definition) is 3. The maximum absolute atomic E-state index is 12.4. The Bertz CT molecular complexity index is 731. The highest BCUT2D eigenvalue weighted by Gasteiger charge is 2.41. The topological polar surface area (TPSA) is 139 Å². The molecule has 1 saturated carbocycles. The monoisotopic (exact) mass is 359 g/mol. The fourth-order valence-corrected chi connectivity index (χ4v) is 4.34. The molecule has 0 aromatic carbocycles. The number of aliphatic carboxylic acids is 1. The summed E-state index contributed by atoms with van der Waals surface area (Å²) in [7, 11) is -3.97. The van der Waals surface area contributed by atoms with Gasteiger partial charge in [0.25, 0.3) is 0 Å². The molecule has 1 aliphatic rings. The first-order valence-corrected chi connectivity index (χ1v) is 9.04. The van der Waals surface area contributed by atoms with Crippen LogP contribution in [-0.4, -0.2) is 42.1 Å². The highest BCUT2D eigenvalue weighted by atomic mass is 32.2. The van der Waals surface area contributed by atoms with Crippen LogP contribution in [0.25, 0.3) is 0 Å². The van der Waals surface area contributed by atoms with E-state index in [-0.39, 0.29) is 22.8 Å². The highest BCUT2D eigenvalue weighted by molar-refractivity contribution is 7.89. The Morgan fingerprint density at radius 1 is 1.38 bits per heavy atom. The van der Waals surface area contributed by atoms with Crippen molar-refractivity contribution in [3.05, 3.63) is 11.5 Å². The number of rotatable bonds is 7. The summed E-state index contributed by atoms with van der Waals surface area (Å²) < 4.78 is 31.9. The standard InChI is InChI=1S/C14H21N3O6S/c1-8-12(10(3)23-16-8)24(21,22)17-9(2)13(20)15-14(5-4-6-14)7-11(18)19/h9,17H,4-7H2,1-3H3,(H,15,20)(H,18,19). The molecule has 1 atom stereocenters. The Balaban J connectivity index is 2.07. The van der Waals surface area contributed by atoms with Gasteiger partial charge in [0.15, 0.2) is 5.76 Å². The second kappa shape index (κ2) is 6.52. The van der Waals surface area contributed by atoms with Crippen LogP contribution in [0.1, 0.15) is 44.1 Å². The summed E-state index contributed by atoms with van der Waals surface area (Å²) in [5, 5.41) is 15.2. The summed E-state index contributed by atoms with van der Waals surface area (Å²) in [4.78, 5) is 23.1. The minimum Gasteiger partial charge on any atom is -0.481 e. The SMILES string of the molecule is Cc1noc(C)c1S(=O)(=O)NC(C)C(=O)NC1(CC(=O)O)CCC1. The molecule has 1 aliphatic carbocycles. The second-order valence-electron chi connectivity index (χ2n) is 6.19. The molecule has 3 N–H and O–H groups in total. The first-order chi connectivity index (χ1) is 11.1. The van der Waals surface area contributed by atoms with Gasteiger partial charge in [-0.3, -0.25) is 9.59 Å². The van der Waals surface area contributed by atoms with Crippen LogP contribution in [-0.2, 0) is 19.6 Å². The second-order valence-corrected chi connectivity index (χ2v) is 7.84.